The molecule has 0 saturated carbocycles. The summed E-state index contributed by atoms with van der Waals surface area (Å²) in [5, 5.41) is 19.4. The first kappa shape index (κ1) is 20.1. The van der Waals surface area contributed by atoms with Gasteiger partial charge in [-0.15, -0.1) is 0 Å². The maximum Gasteiger partial charge on any atom is 0.222 e. The number of aryl methyl sites for hydroxylation is 2. The fourth-order valence-electron chi connectivity index (χ4n) is 3.76. The van der Waals surface area contributed by atoms with E-state index in [-0.39, 0.29) is 0 Å². The molecular formula is C24H21N5O2. The first-order valence-corrected chi connectivity index (χ1v) is 9.73. The van der Waals surface area contributed by atoms with Crippen LogP contribution in [0.1, 0.15) is 39.7 Å². The van der Waals surface area contributed by atoms with Crippen LogP contribution in [0.5, 0.6) is 5.75 Å². The van der Waals surface area contributed by atoms with Gasteiger partial charge in [-0.3, -0.25) is 4.57 Å². The van der Waals surface area contributed by atoms with Crippen LogP contribution in [0.3, 0.4) is 0 Å². The summed E-state index contributed by atoms with van der Waals surface area (Å²) in [6, 6.07) is 12.0. The highest BCUT2D eigenvalue weighted by molar-refractivity contribution is 5.92. The average molecular weight is 411 g/mol. The number of hydrogen-bond acceptors (Lipinski definition) is 5. The summed E-state index contributed by atoms with van der Waals surface area (Å²) >= 11 is 0. The molecule has 31 heavy (non-hydrogen) atoms. The second-order valence-corrected chi connectivity index (χ2v) is 7.35. The number of H-pyrrole nitrogens is 1. The SMILES string of the molecule is COc1cccc2nc(/C(C#N)=C/c3cc(C)n(-c4oc(C)c(C)c4C#N)c3C)[nH]c12. The molecule has 0 spiro atoms. The van der Waals surface area contributed by atoms with Crippen molar-refractivity contribution in [3.05, 3.63) is 63.9 Å². The summed E-state index contributed by atoms with van der Waals surface area (Å²) in [7, 11) is 1.60. The van der Waals surface area contributed by atoms with Crippen LogP contribution in [-0.4, -0.2) is 21.6 Å². The lowest BCUT2D eigenvalue weighted by molar-refractivity contribution is 0.419. The number of para-hydroxylation sites is 1. The number of aromatic amines is 1. The standard InChI is InChI=1S/C24H21N5O2/c1-13-9-17(15(3)29(13)24-19(12-26)14(2)16(4)31-24)10-18(11-25)23-27-20-7-6-8-21(30-5)22(20)28-23/h6-10H,1-5H3,(H,27,28)/b18-10+. The minimum Gasteiger partial charge on any atom is -0.494 e. The number of nitrogens with zero attached hydrogens (tertiary/aromatic N) is 4. The van der Waals surface area contributed by atoms with Crippen LogP contribution in [-0.2, 0) is 0 Å². The summed E-state index contributed by atoms with van der Waals surface area (Å²) in [5.74, 6) is 2.35. The molecule has 0 aliphatic heterocycles. The van der Waals surface area contributed by atoms with Crippen LogP contribution >= 0.6 is 0 Å². The van der Waals surface area contributed by atoms with Crippen LogP contribution in [0.2, 0.25) is 0 Å². The van der Waals surface area contributed by atoms with Gasteiger partial charge in [0.25, 0.3) is 0 Å². The van der Waals surface area contributed by atoms with Crippen LogP contribution in [0.25, 0.3) is 28.6 Å². The number of hydrogen-bond donors (Lipinski definition) is 1. The highest BCUT2D eigenvalue weighted by atomic mass is 16.5. The quantitative estimate of drug-likeness (QED) is 0.469. The van der Waals surface area contributed by atoms with E-state index in [0.29, 0.717) is 34.4 Å². The molecule has 7 heteroatoms. The van der Waals surface area contributed by atoms with Gasteiger partial charge < -0.3 is 14.1 Å². The van der Waals surface area contributed by atoms with Crippen molar-refractivity contribution < 1.29 is 9.15 Å². The van der Waals surface area contributed by atoms with Gasteiger partial charge in [0.2, 0.25) is 5.88 Å². The van der Waals surface area contributed by atoms with Crippen LogP contribution < -0.4 is 4.74 Å². The Labute approximate surface area is 179 Å². The van der Waals surface area contributed by atoms with Crippen LogP contribution in [0.4, 0.5) is 0 Å². The number of nitrogens with one attached hydrogen (secondary N) is 1. The number of aromatic nitrogens is 3. The van der Waals surface area contributed by atoms with E-state index in [9.17, 15) is 10.5 Å². The van der Waals surface area contributed by atoms with E-state index in [0.717, 1.165) is 33.5 Å². The fraction of sp³-hybridized carbons (Fsp3) is 0.208. The van der Waals surface area contributed by atoms with Crippen molar-refractivity contribution in [2.45, 2.75) is 27.7 Å². The summed E-state index contributed by atoms with van der Waals surface area (Å²) in [6.07, 6.45) is 1.79. The zero-order chi connectivity index (χ0) is 22.3. The van der Waals surface area contributed by atoms with E-state index in [1.807, 2.05) is 56.5 Å². The summed E-state index contributed by atoms with van der Waals surface area (Å²) in [5.41, 5.74) is 5.81. The first-order valence-electron chi connectivity index (χ1n) is 9.73. The minimum atomic E-state index is 0.394. The molecular weight excluding hydrogens is 390 g/mol. The van der Waals surface area contributed by atoms with Gasteiger partial charge in [-0.25, -0.2) is 4.98 Å². The van der Waals surface area contributed by atoms with Crippen molar-refractivity contribution in [2.24, 2.45) is 0 Å². The maximum absolute atomic E-state index is 9.82. The van der Waals surface area contributed by atoms with Gasteiger partial charge in [-0.05, 0) is 57.5 Å². The van der Waals surface area contributed by atoms with E-state index >= 15 is 0 Å². The number of allylic oxidation sites excluding steroid dienone is 1. The molecule has 3 heterocycles. The normalized spacial score (nSPS) is 11.5. The average Bonchev–Trinajstić information content (AvgIpc) is 3.39. The number of nitriles is 2. The van der Waals surface area contributed by atoms with Gasteiger partial charge in [0.1, 0.15) is 40.6 Å². The Kier molecular flexibility index (Phi) is 4.88. The predicted molar refractivity (Wildman–Crippen MR) is 118 cm³/mol. The largest absolute Gasteiger partial charge is 0.494 e. The molecule has 0 bridgehead atoms. The van der Waals surface area contributed by atoms with E-state index in [1.165, 1.54) is 0 Å². The lowest BCUT2D eigenvalue weighted by Gasteiger charge is -2.06. The Hall–Kier alpha value is -4.23. The highest BCUT2D eigenvalue weighted by Gasteiger charge is 2.21. The fourth-order valence-corrected chi connectivity index (χ4v) is 3.76. The maximum atomic E-state index is 9.82. The molecule has 4 rings (SSSR count). The molecule has 154 valence electrons. The lowest BCUT2D eigenvalue weighted by atomic mass is 10.1. The summed E-state index contributed by atoms with van der Waals surface area (Å²) < 4.78 is 13.2. The minimum absolute atomic E-state index is 0.394. The second kappa shape index (κ2) is 7.55. The van der Waals surface area contributed by atoms with Crippen LogP contribution in [0, 0.1) is 50.4 Å². The third-order valence-corrected chi connectivity index (χ3v) is 5.53. The smallest absolute Gasteiger partial charge is 0.222 e. The van der Waals surface area contributed by atoms with E-state index in [1.54, 1.807) is 13.2 Å². The summed E-state index contributed by atoms with van der Waals surface area (Å²) in [4.78, 5) is 7.75. The van der Waals surface area contributed by atoms with Crippen molar-refractivity contribution >= 4 is 22.7 Å². The molecule has 4 aromatic rings. The van der Waals surface area contributed by atoms with Gasteiger partial charge in [0.05, 0.1) is 18.2 Å². The molecule has 1 N–H and O–H groups in total. The Morgan fingerprint density at radius 3 is 2.68 bits per heavy atom. The Balaban J connectivity index is 1.84. The monoisotopic (exact) mass is 411 g/mol. The molecule has 0 unspecified atom stereocenters. The third kappa shape index (κ3) is 3.17. The number of imidazole rings is 1. The molecule has 0 fully saturated rings. The molecule has 7 nitrogen and oxygen atoms in total. The Bertz CT molecular complexity index is 1430. The molecule has 0 saturated heterocycles. The van der Waals surface area contributed by atoms with Crippen molar-refractivity contribution in [3.8, 4) is 23.8 Å². The number of ether oxygens (including phenoxy) is 1. The van der Waals surface area contributed by atoms with Gasteiger partial charge in [0.15, 0.2) is 0 Å². The molecule has 0 radical (unpaired) electrons. The third-order valence-electron chi connectivity index (χ3n) is 5.53. The van der Waals surface area contributed by atoms with E-state index in [2.05, 4.69) is 22.1 Å². The van der Waals surface area contributed by atoms with Crippen molar-refractivity contribution in [1.29, 1.82) is 10.5 Å². The van der Waals surface area contributed by atoms with Crippen molar-refractivity contribution in [3.63, 3.8) is 0 Å². The number of methoxy groups -OCH3 is 1. The highest BCUT2D eigenvalue weighted by Crippen LogP contribution is 2.31. The van der Waals surface area contributed by atoms with Crippen LogP contribution in [0.15, 0.2) is 28.7 Å². The summed E-state index contributed by atoms with van der Waals surface area (Å²) in [6.45, 7) is 7.60. The topological polar surface area (TPSA) is 104 Å². The zero-order valence-corrected chi connectivity index (χ0v) is 18.0. The Morgan fingerprint density at radius 2 is 2.00 bits per heavy atom. The van der Waals surface area contributed by atoms with Gasteiger partial charge in [-0.1, -0.05) is 6.07 Å². The molecule has 0 aliphatic rings. The molecule has 0 atom stereocenters. The molecule has 1 aromatic carbocycles. The predicted octanol–water partition coefficient (Wildman–Crippen LogP) is 5.12. The number of rotatable bonds is 4. The van der Waals surface area contributed by atoms with Crippen molar-refractivity contribution in [1.82, 2.24) is 14.5 Å². The number of benzene rings is 1. The van der Waals surface area contributed by atoms with E-state index in [4.69, 9.17) is 9.15 Å². The van der Waals surface area contributed by atoms with Gasteiger partial charge in [0, 0.05) is 17.0 Å². The second-order valence-electron chi connectivity index (χ2n) is 7.35. The number of furan rings is 1. The van der Waals surface area contributed by atoms with Gasteiger partial charge >= 0.3 is 0 Å². The number of fused-ring (bicyclic) bond motifs is 1. The van der Waals surface area contributed by atoms with Gasteiger partial charge in [-0.2, -0.15) is 10.5 Å². The molecule has 0 amide bonds. The zero-order valence-electron chi connectivity index (χ0n) is 18.0. The Morgan fingerprint density at radius 1 is 1.23 bits per heavy atom. The van der Waals surface area contributed by atoms with E-state index < -0.39 is 0 Å². The molecule has 0 aliphatic carbocycles. The van der Waals surface area contributed by atoms with Crippen molar-refractivity contribution in [2.75, 3.05) is 7.11 Å². The lowest BCUT2D eigenvalue weighted by Crippen LogP contribution is -2.00. The first-order chi connectivity index (χ1) is 14.9. The molecule has 3 aromatic heterocycles.